The van der Waals surface area contributed by atoms with E-state index in [1.54, 1.807) is 0 Å². The minimum Gasteiger partial charge on any atom is -0.508 e. The van der Waals surface area contributed by atoms with Crippen LogP contribution in [0.4, 0.5) is 0 Å². The van der Waals surface area contributed by atoms with E-state index in [2.05, 4.69) is 5.92 Å². The molecule has 17 heavy (non-hydrogen) atoms. The fourth-order valence-electron chi connectivity index (χ4n) is 1.43. The number of aromatic hydroxyl groups is 1. The lowest BCUT2D eigenvalue weighted by atomic mass is 10.3. The van der Waals surface area contributed by atoms with Gasteiger partial charge in [-0.1, -0.05) is 18.9 Å². The first-order valence-corrected chi connectivity index (χ1v) is 6.69. The van der Waals surface area contributed by atoms with Gasteiger partial charge in [-0.2, -0.15) is 4.31 Å². The van der Waals surface area contributed by atoms with Crippen LogP contribution in [0.1, 0.15) is 13.3 Å². The van der Waals surface area contributed by atoms with E-state index in [0.29, 0.717) is 13.0 Å². The highest BCUT2D eigenvalue weighted by Gasteiger charge is 2.23. The Kier molecular flexibility index (Phi) is 4.55. The first kappa shape index (κ1) is 13.6. The molecule has 1 aromatic carbocycles. The van der Waals surface area contributed by atoms with Crippen LogP contribution in [0.5, 0.6) is 5.75 Å². The Morgan fingerprint density at radius 2 is 2.18 bits per heavy atom. The molecule has 0 aliphatic heterocycles. The Labute approximate surface area is 102 Å². The van der Waals surface area contributed by atoms with Gasteiger partial charge in [0.2, 0.25) is 10.0 Å². The molecular weight excluding hydrogens is 238 g/mol. The van der Waals surface area contributed by atoms with Gasteiger partial charge >= 0.3 is 0 Å². The topological polar surface area (TPSA) is 57.6 Å². The molecule has 0 saturated heterocycles. The van der Waals surface area contributed by atoms with Gasteiger partial charge in [-0.05, 0) is 24.6 Å². The second-order valence-electron chi connectivity index (χ2n) is 3.54. The number of sulfonamides is 1. The van der Waals surface area contributed by atoms with E-state index < -0.39 is 10.0 Å². The monoisotopic (exact) mass is 253 g/mol. The number of rotatable bonds is 5. The van der Waals surface area contributed by atoms with Gasteiger partial charge in [-0.25, -0.2) is 8.42 Å². The molecular formula is C12H15NO3S. The maximum absolute atomic E-state index is 12.2. The second kappa shape index (κ2) is 5.71. The maximum atomic E-state index is 12.2. The number of hydrogen-bond acceptors (Lipinski definition) is 3. The molecule has 5 heteroatoms. The summed E-state index contributed by atoms with van der Waals surface area (Å²) in [5.74, 6) is 2.25. The predicted molar refractivity (Wildman–Crippen MR) is 66.0 cm³/mol. The van der Waals surface area contributed by atoms with E-state index in [-0.39, 0.29) is 17.2 Å². The van der Waals surface area contributed by atoms with Crippen LogP contribution in [0.25, 0.3) is 0 Å². The standard InChI is InChI=1S/C12H15NO3S/c1-3-8-13(9-4-2)17(15,16)12-7-5-6-11(14)10-12/h1,5-7,10,14H,4,8-9H2,2H3. The summed E-state index contributed by atoms with van der Waals surface area (Å²) in [6.07, 6.45) is 5.84. The lowest BCUT2D eigenvalue weighted by Crippen LogP contribution is -2.32. The van der Waals surface area contributed by atoms with Crippen molar-refractivity contribution in [2.75, 3.05) is 13.1 Å². The van der Waals surface area contributed by atoms with Crippen LogP contribution in [0, 0.1) is 12.3 Å². The molecule has 0 spiro atoms. The number of phenolic OH excluding ortho intramolecular Hbond substituents is 1. The summed E-state index contributed by atoms with van der Waals surface area (Å²) in [5, 5.41) is 9.29. The van der Waals surface area contributed by atoms with Gasteiger partial charge < -0.3 is 5.11 Å². The van der Waals surface area contributed by atoms with Gasteiger partial charge in [0.15, 0.2) is 0 Å². The Morgan fingerprint density at radius 3 is 2.71 bits per heavy atom. The third kappa shape index (κ3) is 3.22. The maximum Gasteiger partial charge on any atom is 0.244 e. The van der Waals surface area contributed by atoms with Gasteiger partial charge in [0.05, 0.1) is 11.4 Å². The molecule has 1 rings (SSSR count). The zero-order valence-electron chi connectivity index (χ0n) is 9.63. The van der Waals surface area contributed by atoms with E-state index in [1.165, 1.54) is 28.6 Å². The van der Waals surface area contributed by atoms with Crippen LogP contribution in [-0.4, -0.2) is 30.9 Å². The average molecular weight is 253 g/mol. The Morgan fingerprint density at radius 1 is 1.47 bits per heavy atom. The van der Waals surface area contributed by atoms with E-state index >= 15 is 0 Å². The highest BCUT2D eigenvalue weighted by Crippen LogP contribution is 2.19. The molecule has 4 nitrogen and oxygen atoms in total. The summed E-state index contributed by atoms with van der Waals surface area (Å²) in [4.78, 5) is 0.0567. The average Bonchev–Trinajstić information content (AvgIpc) is 2.29. The van der Waals surface area contributed by atoms with Crippen molar-refractivity contribution >= 4 is 10.0 Å². The Balaban J connectivity index is 3.12. The number of phenols is 1. The zero-order chi connectivity index (χ0) is 12.9. The van der Waals surface area contributed by atoms with Crippen molar-refractivity contribution in [1.82, 2.24) is 4.31 Å². The largest absolute Gasteiger partial charge is 0.508 e. The Bertz CT molecular complexity index is 517. The fraction of sp³-hybridized carbons (Fsp3) is 0.333. The van der Waals surface area contributed by atoms with Crippen LogP contribution in [0.2, 0.25) is 0 Å². The molecule has 92 valence electrons. The van der Waals surface area contributed by atoms with Crippen LogP contribution in [0.15, 0.2) is 29.2 Å². The molecule has 1 N–H and O–H groups in total. The molecule has 0 fully saturated rings. The number of terminal acetylenes is 1. The summed E-state index contributed by atoms with van der Waals surface area (Å²) in [7, 11) is -3.62. The molecule has 0 aromatic heterocycles. The van der Waals surface area contributed by atoms with Crippen molar-refractivity contribution in [3.8, 4) is 18.1 Å². The molecule has 0 saturated carbocycles. The quantitative estimate of drug-likeness (QED) is 0.807. The number of benzene rings is 1. The highest BCUT2D eigenvalue weighted by molar-refractivity contribution is 7.89. The minimum absolute atomic E-state index is 0.0336. The van der Waals surface area contributed by atoms with Gasteiger partial charge in [0.1, 0.15) is 5.75 Å². The molecule has 0 heterocycles. The molecule has 0 radical (unpaired) electrons. The van der Waals surface area contributed by atoms with Crippen LogP contribution >= 0.6 is 0 Å². The van der Waals surface area contributed by atoms with Crippen molar-refractivity contribution < 1.29 is 13.5 Å². The smallest absolute Gasteiger partial charge is 0.244 e. The van der Waals surface area contributed by atoms with Gasteiger partial charge in [-0.3, -0.25) is 0 Å². The van der Waals surface area contributed by atoms with Crippen molar-refractivity contribution in [2.24, 2.45) is 0 Å². The molecule has 0 aliphatic rings. The van der Waals surface area contributed by atoms with Crippen molar-refractivity contribution in [1.29, 1.82) is 0 Å². The first-order chi connectivity index (χ1) is 8.02. The van der Waals surface area contributed by atoms with E-state index in [1.807, 2.05) is 6.92 Å². The van der Waals surface area contributed by atoms with E-state index in [0.717, 1.165) is 0 Å². The van der Waals surface area contributed by atoms with E-state index in [4.69, 9.17) is 6.42 Å². The normalized spacial score (nSPS) is 11.4. The van der Waals surface area contributed by atoms with Crippen molar-refractivity contribution in [3.63, 3.8) is 0 Å². The predicted octanol–water partition coefficient (Wildman–Crippen LogP) is 1.43. The highest BCUT2D eigenvalue weighted by atomic mass is 32.2. The third-order valence-corrected chi connectivity index (χ3v) is 4.04. The molecule has 0 amide bonds. The van der Waals surface area contributed by atoms with Gasteiger partial charge in [-0.15, -0.1) is 6.42 Å². The molecule has 0 aliphatic carbocycles. The summed E-state index contributed by atoms with van der Waals surface area (Å²) >= 11 is 0. The van der Waals surface area contributed by atoms with Crippen molar-refractivity contribution in [2.45, 2.75) is 18.2 Å². The number of nitrogens with zero attached hydrogens (tertiary/aromatic N) is 1. The van der Waals surface area contributed by atoms with Crippen LogP contribution in [0.3, 0.4) is 0 Å². The summed E-state index contributed by atoms with van der Waals surface area (Å²) in [5.41, 5.74) is 0. The zero-order valence-corrected chi connectivity index (χ0v) is 10.4. The van der Waals surface area contributed by atoms with Crippen LogP contribution in [-0.2, 0) is 10.0 Å². The minimum atomic E-state index is -3.62. The van der Waals surface area contributed by atoms with Gasteiger partial charge in [0, 0.05) is 6.54 Å². The second-order valence-corrected chi connectivity index (χ2v) is 5.48. The third-order valence-electron chi connectivity index (χ3n) is 2.20. The van der Waals surface area contributed by atoms with Crippen LogP contribution < -0.4 is 0 Å². The summed E-state index contributed by atoms with van der Waals surface area (Å²) in [6.45, 7) is 2.27. The summed E-state index contributed by atoms with van der Waals surface area (Å²) < 4.78 is 25.6. The Hall–Kier alpha value is -1.51. The summed E-state index contributed by atoms with van der Waals surface area (Å²) in [6, 6.07) is 5.56. The van der Waals surface area contributed by atoms with E-state index in [9.17, 15) is 13.5 Å². The first-order valence-electron chi connectivity index (χ1n) is 5.25. The molecule has 1 aromatic rings. The SMILES string of the molecule is C#CCN(CCC)S(=O)(=O)c1cccc(O)c1. The molecule has 0 atom stereocenters. The lowest BCUT2D eigenvalue weighted by Gasteiger charge is -2.19. The number of hydrogen-bond donors (Lipinski definition) is 1. The van der Waals surface area contributed by atoms with Gasteiger partial charge in [0.25, 0.3) is 0 Å². The lowest BCUT2D eigenvalue weighted by molar-refractivity contribution is 0.443. The molecule has 0 bridgehead atoms. The van der Waals surface area contributed by atoms with Crippen molar-refractivity contribution in [3.05, 3.63) is 24.3 Å². The fourth-order valence-corrected chi connectivity index (χ4v) is 2.91. The molecule has 0 unspecified atom stereocenters.